The van der Waals surface area contributed by atoms with Gasteiger partial charge in [-0.05, 0) is 48.9 Å². The first-order chi connectivity index (χ1) is 11.5. The molecule has 1 aromatic heterocycles. The van der Waals surface area contributed by atoms with Gasteiger partial charge in [0.15, 0.2) is 0 Å². The zero-order valence-electron chi connectivity index (χ0n) is 12.9. The largest absolute Gasteiger partial charge is 0.345 e. The molecule has 0 radical (unpaired) electrons. The summed E-state index contributed by atoms with van der Waals surface area (Å²) in [6.07, 6.45) is 3.15. The summed E-state index contributed by atoms with van der Waals surface area (Å²) in [5.41, 5.74) is 2.08. The number of rotatable bonds is 4. The minimum absolute atomic E-state index is 0.239. The molecule has 0 unspecified atom stereocenters. The molecule has 122 valence electrons. The van der Waals surface area contributed by atoms with Gasteiger partial charge >= 0.3 is 0 Å². The molecule has 0 saturated heterocycles. The van der Waals surface area contributed by atoms with Gasteiger partial charge in [0.25, 0.3) is 5.91 Å². The third kappa shape index (κ3) is 3.63. The maximum atomic E-state index is 13.0. The van der Waals surface area contributed by atoms with E-state index in [1.807, 2.05) is 19.1 Å². The molecule has 0 fully saturated rings. The van der Waals surface area contributed by atoms with E-state index in [0.717, 1.165) is 11.3 Å². The third-order valence-corrected chi connectivity index (χ3v) is 3.91. The van der Waals surface area contributed by atoms with Crippen LogP contribution in [-0.4, -0.2) is 15.7 Å². The van der Waals surface area contributed by atoms with Crippen molar-refractivity contribution in [2.24, 2.45) is 0 Å². The van der Waals surface area contributed by atoms with Gasteiger partial charge in [-0.1, -0.05) is 23.7 Å². The molecule has 1 atom stereocenters. The van der Waals surface area contributed by atoms with E-state index < -0.39 is 0 Å². The van der Waals surface area contributed by atoms with Gasteiger partial charge in [0.05, 0.1) is 23.5 Å². The Morgan fingerprint density at radius 3 is 2.50 bits per heavy atom. The molecule has 0 aliphatic heterocycles. The second kappa shape index (κ2) is 6.84. The molecule has 2 aromatic carbocycles. The van der Waals surface area contributed by atoms with Crippen molar-refractivity contribution in [3.63, 3.8) is 0 Å². The lowest BCUT2D eigenvalue weighted by molar-refractivity contribution is 0.0940. The Morgan fingerprint density at radius 1 is 1.17 bits per heavy atom. The van der Waals surface area contributed by atoms with Gasteiger partial charge in [0.2, 0.25) is 0 Å². The Hall–Kier alpha value is -2.66. The number of carbonyl (C=O) groups is 1. The molecule has 0 aliphatic carbocycles. The SMILES string of the molecule is C[C@@H](NC(=O)c1cnn(-c2ccc(Cl)cc2)c1)c1ccc(F)cc1. The Labute approximate surface area is 143 Å². The lowest BCUT2D eigenvalue weighted by atomic mass is 10.1. The molecule has 0 bridgehead atoms. The number of carbonyl (C=O) groups excluding carboxylic acids is 1. The lowest BCUT2D eigenvalue weighted by Gasteiger charge is -2.13. The molecule has 4 nitrogen and oxygen atoms in total. The van der Waals surface area contributed by atoms with Crippen molar-refractivity contribution in [1.29, 1.82) is 0 Å². The van der Waals surface area contributed by atoms with E-state index in [1.54, 1.807) is 35.1 Å². The van der Waals surface area contributed by atoms with Crippen LogP contribution in [0.15, 0.2) is 60.9 Å². The molecular formula is C18H15ClFN3O. The van der Waals surface area contributed by atoms with Crippen LogP contribution in [0, 0.1) is 5.82 Å². The minimum atomic E-state index is -0.304. The number of amides is 1. The maximum absolute atomic E-state index is 13.0. The molecular weight excluding hydrogens is 329 g/mol. The van der Waals surface area contributed by atoms with Crippen LogP contribution in [0.5, 0.6) is 0 Å². The van der Waals surface area contributed by atoms with Gasteiger partial charge in [-0.15, -0.1) is 0 Å². The van der Waals surface area contributed by atoms with Crippen molar-refractivity contribution < 1.29 is 9.18 Å². The number of benzene rings is 2. The summed E-state index contributed by atoms with van der Waals surface area (Å²) in [6.45, 7) is 1.84. The smallest absolute Gasteiger partial charge is 0.254 e. The maximum Gasteiger partial charge on any atom is 0.254 e. The molecule has 0 saturated carbocycles. The van der Waals surface area contributed by atoms with Gasteiger partial charge in [-0.2, -0.15) is 5.10 Å². The van der Waals surface area contributed by atoms with Crippen LogP contribution in [0.3, 0.4) is 0 Å². The molecule has 1 heterocycles. The number of nitrogens with zero attached hydrogens (tertiary/aromatic N) is 2. The highest BCUT2D eigenvalue weighted by Gasteiger charge is 2.13. The Morgan fingerprint density at radius 2 is 1.83 bits per heavy atom. The van der Waals surface area contributed by atoms with Crippen LogP contribution < -0.4 is 5.32 Å². The molecule has 1 amide bonds. The van der Waals surface area contributed by atoms with Crippen LogP contribution in [0.4, 0.5) is 4.39 Å². The quantitative estimate of drug-likeness (QED) is 0.773. The molecule has 1 N–H and O–H groups in total. The van der Waals surface area contributed by atoms with Crippen molar-refractivity contribution in [3.05, 3.63) is 82.9 Å². The van der Waals surface area contributed by atoms with E-state index in [4.69, 9.17) is 11.6 Å². The van der Waals surface area contributed by atoms with E-state index >= 15 is 0 Å². The second-order valence-electron chi connectivity index (χ2n) is 5.40. The van der Waals surface area contributed by atoms with Gasteiger partial charge < -0.3 is 5.32 Å². The summed E-state index contributed by atoms with van der Waals surface area (Å²) >= 11 is 5.86. The summed E-state index contributed by atoms with van der Waals surface area (Å²) in [7, 11) is 0. The van der Waals surface area contributed by atoms with Crippen molar-refractivity contribution in [2.45, 2.75) is 13.0 Å². The van der Waals surface area contributed by atoms with Gasteiger partial charge in [-0.3, -0.25) is 4.79 Å². The fourth-order valence-electron chi connectivity index (χ4n) is 2.29. The summed E-state index contributed by atoms with van der Waals surface area (Å²) in [5.74, 6) is -0.548. The second-order valence-corrected chi connectivity index (χ2v) is 5.83. The normalized spacial score (nSPS) is 12.0. The van der Waals surface area contributed by atoms with Gasteiger partial charge in [0.1, 0.15) is 5.82 Å². The van der Waals surface area contributed by atoms with Crippen molar-refractivity contribution in [3.8, 4) is 5.69 Å². The average Bonchev–Trinajstić information content (AvgIpc) is 3.06. The van der Waals surface area contributed by atoms with Crippen LogP contribution >= 0.6 is 11.6 Å². The molecule has 3 aromatic rings. The van der Waals surface area contributed by atoms with Gasteiger partial charge in [0, 0.05) is 11.2 Å². The van der Waals surface area contributed by atoms with E-state index in [0.29, 0.717) is 10.6 Å². The first-order valence-electron chi connectivity index (χ1n) is 7.40. The topological polar surface area (TPSA) is 46.9 Å². The van der Waals surface area contributed by atoms with E-state index in [-0.39, 0.29) is 17.8 Å². The average molecular weight is 344 g/mol. The Bertz CT molecular complexity index is 843. The molecule has 24 heavy (non-hydrogen) atoms. The standard InChI is InChI=1S/C18H15ClFN3O/c1-12(13-2-6-16(20)7-3-13)22-18(24)14-10-21-23(11-14)17-8-4-15(19)5-9-17/h2-12H,1H3,(H,22,24)/t12-/m1/s1. The first kappa shape index (κ1) is 16.2. The zero-order valence-corrected chi connectivity index (χ0v) is 13.7. The van der Waals surface area contributed by atoms with Crippen molar-refractivity contribution in [1.82, 2.24) is 15.1 Å². The monoisotopic (exact) mass is 343 g/mol. The summed E-state index contributed by atoms with van der Waals surface area (Å²) in [4.78, 5) is 12.3. The predicted octanol–water partition coefficient (Wildman–Crippen LogP) is 4.16. The Kier molecular flexibility index (Phi) is 4.62. The van der Waals surface area contributed by atoms with Crippen molar-refractivity contribution >= 4 is 17.5 Å². The summed E-state index contributed by atoms with van der Waals surface area (Å²) in [6, 6.07) is 13.0. The summed E-state index contributed by atoms with van der Waals surface area (Å²) in [5, 5.41) is 7.70. The van der Waals surface area contributed by atoms with E-state index in [2.05, 4.69) is 10.4 Å². The highest BCUT2D eigenvalue weighted by molar-refractivity contribution is 6.30. The number of hydrogen-bond acceptors (Lipinski definition) is 2. The molecule has 0 aliphatic rings. The number of nitrogens with one attached hydrogen (secondary N) is 1. The van der Waals surface area contributed by atoms with Gasteiger partial charge in [-0.25, -0.2) is 9.07 Å². The van der Waals surface area contributed by atoms with Crippen LogP contribution in [0.2, 0.25) is 5.02 Å². The number of hydrogen-bond donors (Lipinski definition) is 1. The predicted molar refractivity (Wildman–Crippen MR) is 90.9 cm³/mol. The van der Waals surface area contributed by atoms with Crippen LogP contribution in [0.1, 0.15) is 28.9 Å². The van der Waals surface area contributed by atoms with Crippen LogP contribution in [-0.2, 0) is 0 Å². The number of halogens is 2. The molecule has 6 heteroatoms. The fraction of sp³-hybridized carbons (Fsp3) is 0.111. The first-order valence-corrected chi connectivity index (χ1v) is 7.77. The lowest BCUT2D eigenvalue weighted by Crippen LogP contribution is -2.26. The highest BCUT2D eigenvalue weighted by Crippen LogP contribution is 2.15. The third-order valence-electron chi connectivity index (χ3n) is 3.65. The van der Waals surface area contributed by atoms with Crippen molar-refractivity contribution in [2.75, 3.05) is 0 Å². The number of aromatic nitrogens is 2. The zero-order chi connectivity index (χ0) is 17.1. The summed E-state index contributed by atoms with van der Waals surface area (Å²) < 4.78 is 14.6. The van der Waals surface area contributed by atoms with E-state index in [1.165, 1.54) is 18.3 Å². The highest BCUT2D eigenvalue weighted by atomic mass is 35.5. The van der Waals surface area contributed by atoms with Crippen LogP contribution in [0.25, 0.3) is 5.69 Å². The minimum Gasteiger partial charge on any atom is -0.345 e. The Balaban J connectivity index is 1.71. The van der Waals surface area contributed by atoms with E-state index in [9.17, 15) is 9.18 Å². The fourth-order valence-corrected chi connectivity index (χ4v) is 2.42. The molecule has 3 rings (SSSR count). The molecule has 0 spiro atoms.